The van der Waals surface area contributed by atoms with E-state index >= 15 is 0 Å². The van der Waals surface area contributed by atoms with Crippen LogP contribution in [-0.2, 0) is 4.79 Å². The number of carbonyl (C=O) groups excluding carboxylic acids is 1. The van der Waals surface area contributed by atoms with E-state index in [1.165, 1.54) is 0 Å². The Bertz CT molecular complexity index is 586. The van der Waals surface area contributed by atoms with Gasteiger partial charge in [0.05, 0.1) is 20.1 Å². The summed E-state index contributed by atoms with van der Waals surface area (Å²) in [6.07, 6.45) is 2.11. The Kier molecular flexibility index (Phi) is 6.26. The summed E-state index contributed by atoms with van der Waals surface area (Å²) < 4.78 is 10.7. The van der Waals surface area contributed by atoms with E-state index in [2.05, 4.69) is 11.0 Å². The smallest absolute Gasteiger partial charge is 0.230 e. The largest absolute Gasteiger partial charge is 0.497 e. The van der Waals surface area contributed by atoms with Gasteiger partial charge in [-0.2, -0.15) is 0 Å². The van der Waals surface area contributed by atoms with Gasteiger partial charge in [-0.05, 0) is 44.2 Å². The minimum atomic E-state index is -0.115. The van der Waals surface area contributed by atoms with Gasteiger partial charge in [-0.3, -0.25) is 4.79 Å². The van der Waals surface area contributed by atoms with Crippen LogP contribution in [0.5, 0.6) is 11.5 Å². The monoisotopic (exact) mass is 332 g/mol. The van der Waals surface area contributed by atoms with Gasteiger partial charge in [0.2, 0.25) is 5.91 Å². The summed E-state index contributed by atoms with van der Waals surface area (Å²) in [5.74, 6) is 1.59. The highest BCUT2D eigenvalue weighted by atomic mass is 16.5. The van der Waals surface area contributed by atoms with Crippen LogP contribution in [0.25, 0.3) is 5.57 Å². The van der Waals surface area contributed by atoms with Gasteiger partial charge in [-0.15, -0.1) is 0 Å². The fraction of sp³-hybridized carbons (Fsp3) is 0.526. The van der Waals surface area contributed by atoms with E-state index in [1.807, 2.05) is 44.0 Å². The molecule has 132 valence electrons. The Morgan fingerprint density at radius 3 is 2.25 bits per heavy atom. The minimum absolute atomic E-state index is 0.115. The molecule has 0 radical (unpaired) electrons. The zero-order chi connectivity index (χ0) is 17.7. The Morgan fingerprint density at radius 2 is 1.75 bits per heavy atom. The number of amides is 1. The quantitative estimate of drug-likeness (QED) is 0.803. The topological polar surface area (TPSA) is 42.0 Å². The zero-order valence-corrected chi connectivity index (χ0v) is 15.3. The summed E-state index contributed by atoms with van der Waals surface area (Å²) in [5.41, 5.74) is 2.17. The highest BCUT2D eigenvalue weighted by molar-refractivity contribution is 5.84. The van der Waals surface area contributed by atoms with Crippen LogP contribution in [0, 0.1) is 5.92 Å². The molecule has 0 fully saturated rings. The van der Waals surface area contributed by atoms with Crippen molar-refractivity contribution in [2.75, 3.05) is 47.4 Å². The molecule has 2 rings (SSSR count). The lowest BCUT2D eigenvalue weighted by Crippen LogP contribution is -2.42. The Morgan fingerprint density at radius 1 is 1.17 bits per heavy atom. The van der Waals surface area contributed by atoms with Crippen LogP contribution in [0.2, 0.25) is 0 Å². The average Bonchev–Trinajstić information content (AvgIpc) is 2.61. The molecule has 0 saturated heterocycles. The molecule has 0 aromatic heterocycles. The summed E-state index contributed by atoms with van der Waals surface area (Å²) >= 11 is 0. The molecule has 1 aromatic carbocycles. The van der Waals surface area contributed by atoms with E-state index in [4.69, 9.17) is 9.47 Å². The number of carbonyl (C=O) groups is 1. The predicted octanol–water partition coefficient (Wildman–Crippen LogP) is 2.52. The number of hydrogen-bond donors (Lipinski definition) is 0. The maximum absolute atomic E-state index is 12.7. The first-order valence-corrected chi connectivity index (χ1v) is 8.43. The first kappa shape index (κ1) is 18.3. The molecule has 0 N–H and O–H groups in total. The second kappa shape index (κ2) is 8.20. The van der Waals surface area contributed by atoms with Gasteiger partial charge >= 0.3 is 0 Å². The fourth-order valence-corrected chi connectivity index (χ4v) is 3.14. The SMILES string of the molecule is CCN(CC)C(=O)[C@H]1C=C(c2cc(OC)cc(OC)c2)CN(C)C1. The molecule has 0 aliphatic carbocycles. The van der Waals surface area contributed by atoms with Crippen molar-refractivity contribution in [3.8, 4) is 11.5 Å². The van der Waals surface area contributed by atoms with E-state index in [-0.39, 0.29) is 11.8 Å². The van der Waals surface area contributed by atoms with E-state index < -0.39 is 0 Å². The summed E-state index contributed by atoms with van der Waals surface area (Å²) in [6, 6.07) is 5.84. The Balaban J connectivity index is 2.36. The van der Waals surface area contributed by atoms with Crippen LogP contribution in [-0.4, -0.2) is 63.2 Å². The summed E-state index contributed by atoms with van der Waals surface area (Å²) in [4.78, 5) is 16.8. The minimum Gasteiger partial charge on any atom is -0.497 e. The van der Waals surface area contributed by atoms with Gasteiger partial charge in [-0.25, -0.2) is 0 Å². The number of nitrogens with zero attached hydrogens (tertiary/aromatic N) is 2. The molecule has 1 aliphatic heterocycles. The van der Waals surface area contributed by atoms with Crippen LogP contribution >= 0.6 is 0 Å². The van der Waals surface area contributed by atoms with Crippen molar-refractivity contribution >= 4 is 11.5 Å². The second-order valence-corrected chi connectivity index (χ2v) is 6.11. The van der Waals surface area contributed by atoms with Crippen molar-refractivity contribution in [2.45, 2.75) is 13.8 Å². The third kappa shape index (κ3) is 4.09. The number of methoxy groups -OCH3 is 2. The Labute approximate surface area is 144 Å². The van der Waals surface area contributed by atoms with Crippen LogP contribution < -0.4 is 9.47 Å². The van der Waals surface area contributed by atoms with Crippen molar-refractivity contribution in [1.29, 1.82) is 0 Å². The first-order chi connectivity index (χ1) is 11.5. The molecule has 1 heterocycles. The lowest BCUT2D eigenvalue weighted by molar-refractivity contribution is -0.134. The van der Waals surface area contributed by atoms with E-state index in [0.717, 1.165) is 48.8 Å². The molecule has 5 nitrogen and oxygen atoms in total. The molecular formula is C19H28N2O3. The van der Waals surface area contributed by atoms with Crippen molar-refractivity contribution in [2.24, 2.45) is 5.92 Å². The molecule has 1 aliphatic rings. The summed E-state index contributed by atoms with van der Waals surface area (Å²) in [6.45, 7) is 7.08. The van der Waals surface area contributed by atoms with Crippen molar-refractivity contribution in [1.82, 2.24) is 9.80 Å². The highest BCUT2D eigenvalue weighted by Gasteiger charge is 2.27. The maximum atomic E-state index is 12.7. The van der Waals surface area contributed by atoms with Crippen molar-refractivity contribution in [3.05, 3.63) is 29.8 Å². The van der Waals surface area contributed by atoms with Crippen molar-refractivity contribution < 1.29 is 14.3 Å². The molecule has 5 heteroatoms. The van der Waals surface area contributed by atoms with Crippen LogP contribution in [0.15, 0.2) is 24.3 Å². The lowest BCUT2D eigenvalue weighted by atomic mass is 9.94. The molecule has 0 bridgehead atoms. The van der Waals surface area contributed by atoms with Gasteiger partial charge in [0.25, 0.3) is 0 Å². The molecule has 1 amide bonds. The molecule has 1 aromatic rings. The molecular weight excluding hydrogens is 304 g/mol. The second-order valence-electron chi connectivity index (χ2n) is 6.11. The van der Waals surface area contributed by atoms with E-state index in [1.54, 1.807) is 14.2 Å². The highest BCUT2D eigenvalue weighted by Crippen LogP contribution is 2.30. The van der Waals surface area contributed by atoms with Crippen LogP contribution in [0.3, 0.4) is 0 Å². The zero-order valence-electron chi connectivity index (χ0n) is 15.3. The van der Waals surface area contributed by atoms with Gasteiger partial charge < -0.3 is 19.3 Å². The Hall–Kier alpha value is -2.01. The number of benzene rings is 1. The summed E-state index contributed by atoms with van der Waals surface area (Å²) in [5, 5.41) is 0. The predicted molar refractivity (Wildman–Crippen MR) is 96.4 cm³/mol. The number of likely N-dealkylation sites (N-methyl/N-ethyl adjacent to an activating group) is 1. The van der Waals surface area contributed by atoms with E-state index in [0.29, 0.717) is 0 Å². The molecule has 0 saturated carbocycles. The normalized spacial score (nSPS) is 18.0. The van der Waals surface area contributed by atoms with Gasteiger partial charge in [0.1, 0.15) is 11.5 Å². The van der Waals surface area contributed by atoms with Crippen molar-refractivity contribution in [3.63, 3.8) is 0 Å². The molecule has 1 atom stereocenters. The molecule has 0 spiro atoms. The third-order valence-corrected chi connectivity index (χ3v) is 4.47. The number of hydrogen-bond acceptors (Lipinski definition) is 4. The van der Waals surface area contributed by atoms with Gasteiger partial charge in [-0.1, -0.05) is 6.08 Å². The molecule has 24 heavy (non-hydrogen) atoms. The summed E-state index contributed by atoms with van der Waals surface area (Å²) in [7, 11) is 5.34. The van der Waals surface area contributed by atoms with Crippen LogP contribution in [0.4, 0.5) is 0 Å². The molecule has 0 unspecified atom stereocenters. The maximum Gasteiger partial charge on any atom is 0.230 e. The number of ether oxygens (including phenoxy) is 2. The van der Waals surface area contributed by atoms with E-state index in [9.17, 15) is 4.79 Å². The standard InChI is InChI=1S/C19H28N2O3/c1-6-21(7-2)19(22)16-8-15(12-20(3)13-16)14-9-17(23-4)11-18(10-14)24-5/h8-11,16H,6-7,12-13H2,1-5H3/t16-/m0/s1. The van der Waals surface area contributed by atoms with Crippen LogP contribution in [0.1, 0.15) is 19.4 Å². The number of rotatable bonds is 6. The lowest BCUT2D eigenvalue weighted by Gasteiger charge is -2.32. The fourth-order valence-electron chi connectivity index (χ4n) is 3.14. The van der Waals surface area contributed by atoms with Gasteiger partial charge in [0.15, 0.2) is 0 Å². The van der Waals surface area contributed by atoms with Gasteiger partial charge in [0, 0.05) is 32.2 Å². The first-order valence-electron chi connectivity index (χ1n) is 8.43. The third-order valence-electron chi connectivity index (χ3n) is 4.47. The average molecular weight is 332 g/mol.